The summed E-state index contributed by atoms with van der Waals surface area (Å²) in [5.74, 6) is 1.53. The summed E-state index contributed by atoms with van der Waals surface area (Å²) < 4.78 is 5.21. The molecular formula is C16H21N3O2. The summed E-state index contributed by atoms with van der Waals surface area (Å²) in [6.45, 7) is 6.82. The highest BCUT2D eigenvalue weighted by Crippen LogP contribution is 2.19. The lowest BCUT2D eigenvalue weighted by Crippen LogP contribution is -2.27. The molecule has 0 spiro atoms. The number of carbonyl (C=O) groups excluding carboxylic acids is 1. The summed E-state index contributed by atoms with van der Waals surface area (Å²) in [6.07, 6.45) is 0.824. The predicted octanol–water partition coefficient (Wildman–Crippen LogP) is 2.75. The van der Waals surface area contributed by atoms with Crippen molar-refractivity contribution in [2.45, 2.75) is 33.6 Å². The molecule has 0 atom stereocenters. The van der Waals surface area contributed by atoms with Crippen molar-refractivity contribution in [2.75, 3.05) is 6.54 Å². The van der Waals surface area contributed by atoms with Gasteiger partial charge in [-0.15, -0.1) is 0 Å². The molecule has 5 heteroatoms. The Morgan fingerprint density at radius 2 is 2.10 bits per heavy atom. The van der Waals surface area contributed by atoms with Crippen molar-refractivity contribution >= 4 is 5.91 Å². The van der Waals surface area contributed by atoms with E-state index in [-0.39, 0.29) is 5.91 Å². The van der Waals surface area contributed by atoms with E-state index in [0.717, 1.165) is 11.1 Å². The number of hydrogen-bond acceptors (Lipinski definition) is 4. The van der Waals surface area contributed by atoms with Crippen molar-refractivity contribution in [3.8, 4) is 11.4 Å². The van der Waals surface area contributed by atoms with Crippen molar-refractivity contribution in [1.82, 2.24) is 15.5 Å². The minimum Gasteiger partial charge on any atom is -0.356 e. The zero-order valence-electron chi connectivity index (χ0n) is 12.7. The maximum atomic E-state index is 11.7. The highest BCUT2D eigenvalue weighted by Gasteiger charge is 2.12. The van der Waals surface area contributed by atoms with E-state index >= 15 is 0 Å². The van der Waals surface area contributed by atoms with E-state index in [4.69, 9.17) is 4.52 Å². The normalized spacial score (nSPS) is 10.9. The van der Waals surface area contributed by atoms with Crippen molar-refractivity contribution in [2.24, 2.45) is 5.92 Å². The molecule has 2 aromatic rings. The highest BCUT2D eigenvalue weighted by molar-refractivity contribution is 5.76. The number of nitrogens with zero attached hydrogens (tertiary/aromatic N) is 2. The lowest BCUT2D eigenvalue weighted by molar-refractivity contribution is -0.121. The van der Waals surface area contributed by atoms with Gasteiger partial charge in [-0.05, 0) is 18.4 Å². The number of carbonyl (C=O) groups is 1. The van der Waals surface area contributed by atoms with Crippen LogP contribution in [0.2, 0.25) is 0 Å². The van der Waals surface area contributed by atoms with Crippen LogP contribution in [0.25, 0.3) is 11.4 Å². The first-order chi connectivity index (χ1) is 10.1. The second kappa shape index (κ2) is 7.02. The summed E-state index contributed by atoms with van der Waals surface area (Å²) in [4.78, 5) is 16.0. The zero-order chi connectivity index (χ0) is 15.2. The maximum absolute atomic E-state index is 11.7. The van der Waals surface area contributed by atoms with E-state index in [9.17, 15) is 4.79 Å². The fourth-order valence-electron chi connectivity index (χ4n) is 1.92. The Morgan fingerprint density at radius 3 is 2.81 bits per heavy atom. The first-order valence-electron chi connectivity index (χ1n) is 7.21. The number of rotatable bonds is 6. The molecule has 1 amide bonds. The van der Waals surface area contributed by atoms with Crippen LogP contribution < -0.4 is 5.32 Å². The van der Waals surface area contributed by atoms with Gasteiger partial charge in [0.2, 0.25) is 17.6 Å². The molecule has 0 aliphatic rings. The number of nitrogens with one attached hydrogen (secondary N) is 1. The van der Waals surface area contributed by atoms with E-state index < -0.39 is 0 Å². The number of hydrogen-bond donors (Lipinski definition) is 1. The second-order valence-corrected chi connectivity index (χ2v) is 5.52. The SMILES string of the molecule is Cc1ccccc1-c1noc(CCC(=O)NCC(C)C)n1. The van der Waals surface area contributed by atoms with Crippen molar-refractivity contribution in [3.05, 3.63) is 35.7 Å². The molecule has 0 aliphatic carbocycles. The molecule has 0 bridgehead atoms. The number of amides is 1. The van der Waals surface area contributed by atoms with Crippen molar-refractivity contribution < 1.29 is 9.32 Å². The molecule has 1 aromatic carbocycles. The first-order valence-corrected chi connectivity index (χ1v) is 7.21. The number of aryl methyl sites for hydroxylation is 2. The Labute approximate surface area is 124 Å². The minimum absolute atomic E-state index is 0.0133. The van der Waals surface area contributed by atoms with Crippen LogP contribution in [-0.4, -0.2) is 22.6 Å². The average molecular weight is 287 g/mol. The highest BCUT2D eigenvalue weighted by atomic mass is 16.5. The van der Waals surface area contributed by atoms with Gasteiger partial charge in [0, 0.05) is 24.9 Å². The standard InChI is InChI=1S/C16H21N3O2/c1-11(2)10-17-14(20)8-9-15-18-16(19-21-15)13-7-5-4-6-12(13)3/h4-7,11H,8-10H2,1-3H3,(H,17,20). The largest absolute Gasteiger partial charge is 0.356 e. The fraction of sp³-hybridized carbons (Fsp3) is 0.438. The quantitative estimate of drug-likeness (QED) is 0.887. The molecule has 1 N–H and O–H groups in total. The lowest BCUT2D eigenvalue weighted by atomic mass is 10.1. The maximum Gasteiger partial charge on any atom is 0.227 e. The molecule has 0 saturated heterocycles. The van der Waals surface area contributed by atoms with Gasteiger partial charge >= 0.3 is 0 Å². The van der Waals surface area contributed by atoms with E-state index in [0.29, 0.717) is 37.0 Å². The van der Waals surface area contributed by atoms with E-state index in [1.807, 2.05) is 31.2 Å². The third kappa shape index (κ3) is 4.41. The predicted molar refractivity (Wildman–Crippen MR) is 80.6 cm³/mol. The number of benzene rings is 1. The average Bonchev–Trinajstić information content (AvgIpc) is 2.92. The molecule has 1 heterocycles. The van der Waals surface area contributed by atoms with Crippen molar-refractivity contribution in [3.63, 3.8) is 0 Å². The second-order valence-electron chi connectivity index (χ2n) is 5.52. The Bertz CT molecular complexity index is 605. The van der Waals surface area contributed by atoms with Crippen molar-refractivity contribution in [1.29, 1.82) is 0 Å². The first kappa shape index (κ1) is 15.2. The molecule has 0 saturated carbocycles. The van der Waals surface area contributed by atoms with Gasteiger partial charge in [0.25, 0.3) is 0 Å². The van der Waals surface area contributed by atoms with Crippen LogP contribution in [0.4, 0.5) is 0 Å². The third-order valence-electron chi connectivity index (χ3n) is 3.13. The lowest BCUT2D eigenvalue weighted by Gasteiger charge is -2.06. The van der Waals surface area contributed by atoms with Gasteiger partial charge in [-0.3, -0.25) is 4.79 Å². The van der Waals surface area contributed by atoms with Gasteiger partial charge in [-0.1, -0.05) is 43.3 Å². The van der Waals surface area contributed by atoms with Crippen LogP contribution in [-0.2, 0) is 11.2 Å². The van der Waals surface area contributed by atoms with Gasteiger partial charge in [-0.25, -0.2) is 0 Å². The van der Waals surface area contributed by atoms with Crippen LogP contribution in [0.1, 0.15) is 31.7 Å². The van der Waals surface area contributed by atoms with Crippen LogP contribution in [0.3, 0.4) is 0 Å². The molecule has 1 aromatic heterocycles. The summed E-state index contributed by atoms with van der Waals surface area (Å²) in [5.41, 5.74) is 2.05. The van der Waals surface area contributed by atoms with Crippen LogP contribution in [0.5, 0.6) is 0 Å². The molecule has 0 aliphatic heterocycles. The van der Waals surface area contributed by atoms with Crippen LogP contribution >= 0.6 is 0 Å². The summed E-state index contributed by atoms with van der Waals surface area (Å²) >= 11 is 0. The Balaban J connectivity index is 1.92. The van der Waals surface area contributed by atoms with Crippen LogP contribution in [0, 0.1) is 12.8 Å². The minimum atomic E-state index is 0.0133. The van der Waals surface area contributed by atoms with E-state index in [1.165, 1.54) is 0 Å². The van der Waals surface area contributed by atoms with Crippen LogP contribution in [0.15, 0.2) is 28.8 Å². The molecule has 0 unspecified atom stereocenters. The molecule has 0 fully saturated rings. The van der Waals surface area contributed by atoms with Gasteiger partial charge in [0.1, 0.15) is 0 Å². The van der Waals surface area contributed by atoms with Gasteiger partial charge in [0.05, 0.1) is 0 Å². The summed E-state index contributed by atoms with van der Waals surface area (Å²) in [6, 6.07) is 7.88. The van der Waals surface area contributed by atoms with Gasteiger partial charge in [-0.2, -0.15) is 4.98 Å². The monoisotopic (exact) mass is 287 g/mol. The third-order valence-corrected chi connectivity index (χ3v) is 3.13. The molecular weight excluding hydrogens is 266 g/mol. The molecule has 21 heavy (non-hydrogen) atoms. The van der Waals surface area contributed by atoms with E-state index in [2.05, 4.69) is 29.3 Å². The Kier molecular flexibility index (Phi) is 5.09. The topological polar surface area (TPSA) is 68.0 Å². The fourth-order valence-corrected chi connectivity index (χ4v) is 1.92. The van der Waals surface area contributed by atoms with E-state index in [1.54, 1.807) is 0 Å². The van der Waals surface area contributed by atoms with Gasteiger partial charge < -0.3 is 9.84 Å². The smallest absolute Gasteiger partial charge is 0.227 e. The molecule has 5 nitrogen and oxygen atoms in total. The molecule has 0 radical (unpaired) electrons. The Morgan fingerprint density at radius 1 is 1.33 bits per heavy atom. The zero-order valence-corrected chi connectivity index (χ0v) is 12.7. The summed E-state index contributed by atoms with van der Waals surface area (Å²) in [5, 5.41) is 6.85. The molecule has 112 valence electrons. The Hall–Kier alpha value is -2.17. The van der Waals surface area contributed by atoms with Gasteiger partial charge in [0.15, 0.2) is 0 Å². The summed E-state index contributed by atoms with van der Waals surface area (Å²) in [7, 11) is 0. The molecule has 2 rings (SSSR count). The number of aromatic nitrogens is 2.